The zero-order chi connectivity index (χ0) is 11.4. The van der Waals surface area contributed by atoms with Gasteiger partial charge in [0.05, 0.1) is 0 Å². The van der Waals surface area contributed by atoms with Crippen molar-refractivity contribution in [3.63, 3.8) is 0 Å². The molecule has 0 aromatic rings. The Bertz CT molecular complexity index is 115. The third-order valence-electron chi connectivity index (χ3n) is 1.50. The fraction of sp³-hybridized carbons (Fsp3) is 0.833. The van der Waals surface area contributed by atoms with Gasteiger partial charge in [-0.3, -0.25) is 0 Å². The Hall–Kier alpha value is -0.660. The molecule has 2 heteroatoms. The van der Waals surface area contributed by atoms with Crippen LogP contribution in [0.4, 0.5) is 0 Å². The molecule has 0 radical (unpaired) electrons. The molecule has 0 aliphatic heterocycles. The van der Waals surface area contributed by atoms with Crippen molar-refractivity contribution < 1.29 is 9.59 Å². The van der Waals surface area contributed by atoms with Crippen LogP contribution in [-0.4, -0.2) is 11.6 Å². The van der Waals surface area contributed by atoms with Crippen molar-refractivity contribution in [2.24, 2.45) is 0 Å². The number of rotatable bonds is 0. The SMILES string of the molecule is C1CCCCC1.CC(C)=O.CC(C)=O. The van der Waals surface area contributed by atoms with Crippen molar-refractivity contribution in [1.82, 2.24) is 0 Å². The Morgan fingerprint density at radius 1 is 0.571 bits per heavy atom. The minimum Gasteiger partial charge on any atom is -0.300 e. The standard InChI is InChI=1S/C6H12.2C3H6O/c1-2-4-6-5-3-1;2*1-3(2)4/h1-6H2;2*1-2H3. The van der Waals surface area contributed by atoms with Crippen LogP contribution in [0.5, 0.6) is 0 Å². The minimum absolute atomic E-state index is 0.167. The first kappa shape index (κ1) is 15.8. The van der Waals surface area contributed by atoms with Crippen LogP contribution >= 0.6 is 0 Å². The van der Waals surface area contributed by atoms with Gasteiger partial charge in [-0.15, -0.1) is 0 Å². The molecule has 1 rings (SSSR count). The van der Waals surface area contributed by atoms with Crippen LogP contribution in [0.15, 0.2) is 0 Å². The Balaban J connectivity index is 0. The van der Waals surface area contributed by atoms with Crippen LogP contribution < -0.4 is 0 Å². The molecule has 0 aromatic heterocycles. The Morgan fingerprint density at radius 2 is 0.643 bits per heavy atom. The van der Waals surface area contributed by atoms with Gasteiger partial charge in [-0.25, -0.2) is 0 Å². The molecule has 0 heterocycles. The zero-order valence-corrected chi connectivity index (χ0v) is 10.1. The van der Waals surface area contributed by atoms with Crippen molar-refractivity contribution >= 4 is 11.6 Å². The molecular weight excluding hydrogens is 176 g/mol. The van der Waals surface area contributed by atoms with Gasteiger partial charge in [-0.2, -0.15) is 0 Å². The third kappa shape index (κ3) is 42.5. The number of carbonyl (C=O) groups is 2. The summed E-state index contributed by atoms with van der Waals surface area (Å²) in [5.41, 5.74) is 0. The monoisotopic (exact) mass is 200 g/mol. The summed E-state index contributed by atoms with van der Waals surface area (Å²) in [6.07, 6.45) is 9.00. The molecule has 2 nitrogen and oxygen atoms in total. The maximum Gasteiger partial charge on any atom is 0.126 e. The van der Waals surface area contributed by atoms with Crippen LogP contribution in [0.3, 0.4) is 0 Å². The van der Waals surface area contributed by atoms with Crippen LogP contribution in [0, 0.1) is 0 Å². The summed E-state index contributed by atoms with van der Waals surface area (Å²) < 4.78 is 0. The molecule has 1 aliphatic carbocycles. The van der Waals surface area contributed by atoms with Gasteiger partial charge >= 0.3 is 0 Å². The fourth-order valence-electron chi connectivity index (χ4n) is 1.06. The van der Waals surface area contributed by atoms with Crippen LogP contribution in [0.25, 0.3) is 0 Å². The molecule has 0 spiro atoms. The summed E-state index contributed by atoms with van der Waals surface area (Å²) in [5, 5.41) is 0. The van der Waals surface area contributed by atoms with Gasteiger partial charge < -0.3 is 9.59 Å². The van der Waals surface area contributed by atoms with Gasteiger partial charge in [-0.05, 0) is 27.7 Å². The summed E-state index contributed by atoms with van der Waals surface area (Å²) in [6.45, 7) is 6.11. The highest BCUT2D eigenvalue weighted by Gasteiger charge is 1.95. The van der Waals surface area contributed by atoms with Crippen LogP contribution in [0.2, 0.25) is 0 Å². The lowest BCUT2D eigenvalue weighted by Crippen LogP contribution is -1.85. The van der Waals surface area contributed by atoms with E-state index in [1.54, 1.807) is 0 Å². The topological polar surface area (TPSA) is 34.1 Å². The van der Waals surface area contributed by atoms with E-state index in [2.05, 4.69) is 0 Å². The predicted molar refractivity (Wildman–Crippen MR) is 60.4 cm³/mol. The summed E-state index contributed by atoms with van der Waals surface area (Å²) in [4.78, 5) is 18.9. The number of ketones is 2. The highest BCUT2D eigenvalue weighted by atomic mass is 16.1. The summed E-state index contributed by atoms with van der Waals surface area (Å²) in [6, 6.07) is 0. The van der Waals surface area contributed by atoms with Crippen LogP contribution in [0.1, 0.15) is 66.2 Å². The maximum atomic E-state index is 9.44. The summed E-state index contributed by atoms with van der Waals surface area (Å²) >= 11 is 0. The second-order valence-corrected chi connectivity index (χ2v) is 3.94. The van der Waals surface area contributed by atoms with E-state index in [1.165, 1.54) is 66.2 Å². The van der Waals surface area contributed by atoms with Gasteiger partial charge in [0.2, 0.25) is 0 Å². The molecule has 84 valence electrons. The molecule has 0 aromatic carbocycles. The van der Waals surface area contributed by atoms with Crippen LogP contribution in [-0.2, 0) is 9.59 Å². The van der Waals surface area contributed by atoms with E-state index >= 15 is 0 Å². The first-order valence-corrected chi connectivity index (χ1v) is 5.41. The largest absolute Gasteiger partial charge is 0.300 e. The molecule has 0 N–H and O–H groups in total. The van der Waals surface area contributed by atoms with Gasteiger partial charge in [0.15, 0.2) is 0 Å². The quantitative estimate of drug-likeness (QED) is 0.599. The van der Waals surface area contributed by atoms with Gasteiger partial charge in [0.1, 0.15) is 11.6 Å². The van der Waals surface area contributed by atoms with Gasteiger partial charge in [0.25, 0.3) is 0 Å². The first-order valence-electron chi connectivity index (χ1n) is 5.41. The fourth-order valence-corrected chi connectivity index (χ4v) is 1.06. The zero-order valence-electron chi connectivity index (χ0n) is 10.1. The molecule has 0 unspecified atom stereocenters. The van der Waals surface area contributed by atoms with Crippen molar-refractivity contribution in [3.8, 4) is 0 Å². The lowest BCUT2D eigenvalue weighted by Gasteiger charge is -2.05. The van der Waals surface area contributed by atoms with E-state index in [0.717, 1.165) is 0 Å². The van der Waals surface area contributed by atoms with E-state index < -0.39 is 0 Å². The average molecular weight is 200 g/mol. The van der Waals surface area contributed by atoms with E-state index in [1.807, 2.05) is 0 Å². The highest BCUT2D eigenvalue weighted by Crippen LogP contribution is 2.15. The molecule has 1 fully saturated rings. The Morgan fingerprint density at radius 3 is 0.714 bits per heavy atom. The lowest BCUT2D eigenvalue weighted by molar-refractivity contribution is -0.115. The molecule has 1 saturated carbocycles. The van der Waals surface area contributed by atoms with E-state index in [9.17, 15) is 9.59 Å². The van der Waals surface area contributed by atoms with Gasteiger partial charge in [0, 0.05) is 0 Å². The number of Topliss-reactive ketones (excluding diaryl/α,β-unsaturated/α-hetero) is 2. The number of hydrogen-bond acceptors (Lipinski definition) is 2. The molecule has 0 saturated heterocycles. The van der Waals surface area contributed by atoms with E-state index in [-0.39, 0.29) is 11.6 Å². The maximum absolute atomic E-state index is 9.44. The second-order valence-electron chi connectivity index (χ2n) is 3.94. The summed E-state index contributed by atoms with van der Waals surface area (Å²) in [7, 11) is 0. The predicted octanol–water partition coefficient (Wildman–Crippen LogP) is 3.53. The second kappa shape index (κ2) is 12.3. The number of carbonyl (C=O) groups excluding carboxylic acids is 2. The minimum atomic E-state index is 0.167. The van der Waals surface area contributed by atoms with Crippen molar-refractivity contribution in [1.29, 1.82) is 0 Å². The van der Waals surface area contributed by atoms with Crippen molar-refractivity contribution in [3.05, 3.63) is 0 Å². The van der Waals surface area contributed by atoms with E-state index in [0.29, 0.717) is 0 Å². The normalized spacial score (nSPS) is 14.0. The van der Waals surface area contributed by atoms with Gasteiger partial charge in [-0.1, -0.05) is 38.5 Å². The lowest BCUT2D eigenvalue weighted by atomic mass is 10.0. The van der Waals surface area contributed by atoms with E-state index in [4.69, 9.17) is 0 Å². The van der Waals surface area contributed by atoms with Crippen molar-refractivity contribution in [2.45, 2.75) is 66.2 Å². The third-order valence-corrected chi connectivity index (χ3v) is 1.50. The number of hydrogen-bond donors (Lipinski definition) is 0. The average Bonchev–Trinajstić information content (AvgIpc) is 2.05. The molecule has 14 heavy (non-hydrogen) atoms. The molecular formula is C12H24O2. The van der Waals surface area contributed by atoms with Crippen molar-refractivity contribution in [2.75, 3.05) is 0 Å². The molecule has 0 atom stereocenters. The highest BCUT2D eigenvalue weighted by molar-refractivity contribution is 5.72. The molecule has 0 amide bonds. The molecule has 0 bridgehead atoms. The Labute approximate surface area is 88.1 Å². The molecule has 1 aliphatic rings. The Kier molecular flexibility index (Phi) is 13.9. The first-order chi connectivity index (χ1) is 6.46. The smallest absolute Gasteiger partial charge is 0.126 e. The summed E-state index contributed by atoms with van der Waals surface area (Å²) in [5.74, 6) is 0.333.